The van der Waals surface area contributed by atoms with Crippen molar-refractivity contribution in [1.82, 2.24) is 5.32 Å². The summed E-state index contributed by atoms with van der Waals surface area (Å²) >= 11 is 3.32. The van der Waals surface area contributed by atoms with Crippen LogP contribution in [0, 0.1) is 11.7 Å². The molecule has 0 bridgehead atoms. The Bertz CT molecular complexity index is 332. The van der Waals surface area contributed by atoms with Crippen LogP contribution < -0.4 is 5.32 Å². The van der Waals surface area contributed by atoms with E-state index in [1.807, 2.05) is 13.1 Å². The third-order valence-corrected chi connectivity index (χ3v) is 3.33. The molecule has 96 valence electrons. The van der Waals surface area contributed by atoms with Gasteiger partial charge in [0.2, 0.25) is 0 Å². The van der Waals surface area contributed by atoms with Gasteiger partial charge < -0.3 is 5.32 Å². The largest absolute Gasteiger partial charge is 0.317 e. The molecule has 1 rings (SSSR count). The Morgan fingerprint density at radius 3 is 2.53 bits per heavy atom. The van der Waals surface area contributed by atoms with Gasteiger partial charge in [-0.3, -0.25) is 0 Å². The first-order valence-corrected chi connectivity index (χ1v) is 6.92. The van der Waals surface area contributed by atoms with E-state index in [2.05, 4.69) is 35.1 Å². The summed E-state index contributed by atoms with van der Waals surface area (Å²) in [6.07, 6.45) is 3.12. The van der Waals surface area contributed by atoms with Crippen LogP contribution in [0.15, 0.2) is 22.7 Å². The van der Waals surface area contributed by atoms with Gasteiger partial charge in [-0.2, -0.15) is 0 Å². The van der Waals surface area contributed by atoms with E-state index in [1.54, 1.807) is 6.07 Å². The Labute approximate surface area is 112 Å². The van der Waals surface area contributed by atoms with Crippen LogP contribution in [0.4, 0.5) is 4.39 Å². The number of nitrogens with one attached hydrogen (secondary N) is 1. The van der Waals surface area contributed by atoms with Crippen molar-refractivity contribution in [2.24, 2.45) is 5.92 Å². The van der Waals surface area contributed by atoms with Crippen molar-refractivity contribution in [3.05, 3.63) is 34.1 Å². The zero-order valence-electron chi connectivity index (χ0n) is 10.8. The van der Waals surface area contributed by atoms with Crippen LogP contribution in [0.5, 0.6) is 0 Å². The molecule has 1 aromatic rings. The molecule has 1 aromatic carbocycles. The standard InChI is InChI=1S/C14H21BrFN/c1-10(2)6-14(17-3)5-4-11-7-12(15)9-13(16)8-11/h7-10,14,17H,4-6H2,1-3H3. The Hall–Kier alpha value is -0.410. The van der Waals surface area contributed by atoms with E-state index in [-0.39, 0.29) is 5.82 Å². The predicted molar refractivity (Wildman–Crippen MR) is 74.7 cm³/mol. The molecule has 0 saturated carbocycles. The molecule has 0 aliphatic heterocycles. The normalized spacial score (nSPS) is 13.1. The van der Waals surface area contributed by atoms with Crippen LogP contribution in [-0.2, 0) is 6.42 Å². The lowest BCUT2D eigenvalue weighted by Gasteiger charge is -2.18. The maximum absolute atomic E-state index is 13.2. The summed E-state index contributed by atoms with van der Waals surface area (Å²) in [6.45, 7) is 4.45. The molecule has 1 unspecified atom stereocenters. The minimum absolute atomic E-state index is 0.167. The van der Waals surface area contributed by atoms with Crippen molar-refractivity contribution < 1.29 is 4.39 Å². The number of aryl methyl sites for hydroxylation is 1. The van der Waals surface area contributed by atoms with Crippen LogP contribution in [0.3, 0.4) is 0 Å². The molecule has 1 N–H and O–H groups in total. The average molecular weight is 302 g/mol. The smallest absolute Gasteiger partial charge is 0.124 e. The highest BCUT2D eigenvalue weighted by atomic mass is 79.9. The SMILES string of the molecule is CNC(CCc1cc(F)cc(Br)c1)CC(C)C. The molecule has 0 aromatic heterocycles. The minimum atomic E-state index is -0.167. The maximum atomic E-state index is 13.2. The van der Waals surface area contributed by atoms with Crippen LogP contribution in [0.25, 0.3) is 0 Å². The molecular weight excluding hydrogens is 281 g/mol. The molecular formula is C14H21BrFN. The molecule has 0 aliphatic rings. The zero-order chi connectivity index (χ0) is 12.8. The molecule has 0 amide bonds. The van der Waals surface area contributed by atoms with Gasteiger partial charge in [0.25, 0.3) is 0 Å². The first-order valence-electron chi connectivity index (χ1n) is 6.13. The third-order valence-electron chi connectivity index (χ3n) is 2.87. The van der Waals surface area contributed by atoms with Crippen LogP contribution in [-0.4, -0.2) is 13.1 Å². The summed E-state index contributed by atoms with van der Waals surface area (Å²) in [5, 5.41) is 3.33. The lowest BCUT2D eigenvalue weighted by Crippen LogP contribution is -2.27. The zero-order valence-corrected chi connectivity index (χ0v) is 12.3. The van der Waals surface area contributed by atoms with Crippen molar-refractivity contribution in [1.29, 1.82) is 0 Å². The Morgan fingerprint density at radius 1 is 1.29 bits per heavy atom. The lowest BCUT2D eigenvalue weighted by atomic mass is 9.97. The van der Waals surface area contributed by atoms with Crippen molar-refractivity contribution in [2.75, 3.05) is 7.05 Å². The molecule has 1 nitrogen and oxygen atoms in total. The van der Waals surface area contributed by atoms with Gasteiger partial charge in [-0.05, 0) is 56.0 Å². The number of hydrogen-bond donors (Lipinski definition) is 1. The molecule has 0 saturated heterocycles. The molecule has 1 atom stereocenters. The molecule has 17 heavy (non-hydrogen) atoms. The second-order valence-corrected chi connectivity index (χ2v) is 5.85. The van der Waals surface area contributed by atoms with Crippen molar-refractivity contribution >= 4 is 15.9 Å². The van der Waals surface area contributed by atoms with E-state index in [0.717, 1.165) is 29.3 Å². The number of benzene rings is 1. The number of hydrogen-bond acceptors (Lipinski definition) is 1. The highest BCUT2D eigenvalue weighted by Gasteiger charge is 2.09. The summed E-state index contributed by atoms with van der Waals surface area (Å²) in [6, 6.07) is 5.61. The Kier molecular flexibility index (Phi) is 6.14. The highest BCUT2D eigenvalue weighted by molar-refractivity contribution is 9.10. The summed E-state index contributed by atoms with van der Waals surface area (Å²) < 4.78 is 14.0. The molecule has 0 fully saturated rings. The summed E-state index contributed by atoms with van der Waals surface area (Å²) in [4.78, 5) is 0. The van der Waals surface area contributed by atoms with Crippen LogP contribution in [0.1, 0.15) is 32.3 Å². The fourth-order valence-corrected chi connectivity index (χ4v) is 2.56. The number of halogens is 2. The van der Waals surface area contributed by atoms with Gasteiger partial charge in [-0.1, -0.05) is 29.8 Å². The maximum Gasteiger partial charge on any atom is 0.124 e. The third kappa shape index (κ3) is 5.64. The van der Waals surface area contributed by atoms with E-state index in [1.165, 1.54) is 6.07 Å². The average Bonchev–Trinajstić information content (AvgIpc) is 2.22. The topological polar surface area (TPSA) is 12.0 Å². The van der Waals surface area contributed by atoms with Crippen molar-refractivity contribution in [3.8, 4) is 0 Å². The van der Waals surface area contributed by atoms with E-state index in [9.17, 15) is 4.39 Å². The fraction of sp³-hybridized carbons (Fsp3) is 0.571. The molecule has 0 spiro atoms. The van der Waals surface area contributed by atoms with E-state index < -0.39 is 0 Å². The Balaban J connectivity index is 2.53. The van der Waals surface area contributed by atoms with Crippen LogP contribution >= 0.6 is 15.9 Å². The van der Waals surface area contributed by atoms with Crippen LogP contribution in [0.2, 0.25) is 0 Å². The second kappa shape index (κ2) is 7.12. The molecule has 0 aliphatic carbocycles. The highest BCUT2D eigenvalue weighted by Crippen LogP contribution is 2.17. The van der Waals surface area contributed by atoms with E-state index in [0.29, 0.717) is 12.0 Å². The van der Waals surface area contributed by atoms with Gasteiger partial charge in [-0.15, -0.1) is 0 Å². The summed E-state index contributed by atoms with van der Waals surface area (Å²) in [5.74, 6) is 0.519. The number of rotatable bonds is 6. The lowest BCUT2D eigenvalue weighted by molar-refractivity contribution is 0.421. The fourth-order valence-electron chi connectivity index (χ4n) is 2.05. The second-order valence-electron chi connectivity index (χ2n) is 4.93. The summed E-state index contributed by atoms with van der Waals surface area (Å²) in [7, 11) is 1.99. The monoisotopic (exact) mass is 301 g/mol. The van der Waals surface area contributed by atoms with Gasteiger partial charge in [0.05, 0.1) is 0 Å². The van der Waals surface area contributed by atoms with E-state index in [4.69, 9.17) is 0 Å². The molecule has 3 heteroatoms. The molecule has 0 radical (unpaired) electrons. The molecule has 0 heterocycles. The van der Waals surface area contributed by atoms with Gasteiger partial charge in [-0.25, -0.2) is 4.39 Å². The van der Waals surface area contributed by atoms with Gasteiger partial charge in [0.1, 0.15) is 5.82 Å². The first kappa shape index (κ1) is 14.7. The summed E-state index contributed by atoms with van der Waals surface area (Å²) in [5.41, 5.74) is 1.06. The minimum Gasteiger partial charge on any atom is -0.317 e. The first-order chi connectivity index (χ1) is 8.01. The van der Waals surface area contributed by atoms with Crippen molar-refractivity contribution in [2.45, 2.75) is 39.2 Å². The van der Waals surface area contributed by atoms with Gasteiger partial charge in [0.15, 0.2) is 0 Å². The Morgan fingerprint density at radius 2 is 2.00 bits per heavy atom. The quantitative estimate of drug-likeness (QED) is 0.832. The van der Waals surface area contributed by atoms with E-state index >= 15 is 0 Å². The van der Waals surface area contributed by atoms with Gasteiger partial charge >= 0.3 is 0 Å². The predicted octanol–water partition coefficient (Wildman–Crippen LogP) is 4.15. The van der Waals surface area contributed by atoms with Gasteiger partial charge in [0, 0.05) is 10.5 Å². The van der Waals surface area contributed by atoms with Crippen molar-refractivity contribution in [3.63, 3.8) is 0 Å².